The molecule has 0 unspecified atom stereocenters. The molecule has 1 amide bonds. The molecule has 21 heavy (non-hydrogen) atoms. The highest BCUT2D eigenvalue weighted by Gasteiger charge is 2.39. The predicted molar refractivity (Wildman–Crippen MR) is 78.7 cm³/mol. The number of hydrogen-bond acceptors (Lipinski definition) is 5. The van der Waals surface area contributed by atoms with Gasteiger partial charge in [-0.1, -0.05) is 0 Å². The zero-order chi connectivity index (χ0) is 15.5. The van der Waals surface area contributed by atoms with Crippen molar-refractivity contribution in [1.82, 2.24) is 5.32 Å². The van der Waals surface area contributed by atoms with Gasteiger partial charge in [0.25, 0.3) is 0 Å². The third-order valence-electron chi connectivity index (χ3n) is 3.92. The summed E-state index contributed by atoms with van der Waals surface area (Å²) in [5.41, 5.74) is 6.10. The maximum atomic E-state index is 12.1. The van der Waals surface area contributed by atoms with Crippen molar-refractivity contribution in [2.45, 2.75) is 31.3 Å². The van der Waals surface area contributed by atoms with Crippen molar-refractivity contribution in [2.24, 2.45) is 5.73 Å². The molecule has 0 spiro atoms. The summed E-state index contributed by atoms with van der Waals surface area (Å²) in [6.45, 7) is 0.335. The van der Waals surface area contributed by atoms with Crippen LogP contribution in [0, 0.1) is 0 Å². The van der Waals surface area contributed by atoms with Crippen molar-refractivity contribution in [1.29, 1.82) is 0 Å². The average molecular weight is 294 g/mol. The molecule has 0 bridgehead atoms. The molecular formula is C15H22N2O4. The van der Waals surface area contributed by atoms with E-state index in [1.807, 2.05) is 0 Å². The molecule has 0 radical (unpaired) electrons. The molecule has 1 aromatic rings. The first-order valence-electron chi connectivity index (χ1n) is 6.90. The predicted octanol–water partition coefficient (Wildman–Crippen LogP) is 1.21. The minimum Gasteiger partial charge on any atom is -0.496 e. The van der Waals surface area contributed by atoms with E-state index in [-0.39, 0.29) is 5.91 Å². The zero-order valence-corrected chi connectivity index (χ0v) is 12.7. The molecule has 0 aliphatic heterocycles. The number of benzene rings is 1. The van der Waals surface area contributed by atoms with Crippen LogP contribution >= 0.6 is 0 Å². The van der Waals surface area contributed by atoms with Gasteiger partial charge in [0.1, 0.15) is 5.75 Å². The van der Waals surface area contributed by atoms with E-state index >= 15 is 0 Å². The number of ether oxygens (including phenoxy) is 3. The van der Waals surface area contributed by atoms with Gasteiger partial charge in [-0.05, 0) is 25.3 Å². The van der Waals surface area contributed by atoms with E-state index in [0.717, 1.165) is 24.8 Å². The molecule has 1 saturated carbocycles. The van der Waals surface area contributed by atoms with Crippen LogP contribution in [0.1, 0.15) is 24.8 Å². The van der Waals surface area contributed by atoms with Crippen LogP contribution in [0.4, 0.5) is 0 Å². The van der Waals surface area contributed by atoms with Crippen LogP contribution in [0.5, 0.6) is 17.2 Å². The van der Waals surface area contributed by atoms with Gasteiger partial charge in [0.15, 0.2) is 11.5 Å². The Labute approximate surface area is 124 Å². The van der Waals surface area contributed by atoms with E-state index in [4.69, 9.17) is 19.9 Å². The van der Waals surface area contributed by atoms with Gasteiger partial charge in [-0.25, -0.2) is 0 Å². The topological polar surface area (TPSA) is 82.8 Å². The van der Waals surface area contributed by atoms with Crippen LogP contribution in [0.25, 0.3) is 0 Å². The summed E-state index contributed by atoms with van der Waals surface area (Å²) < 4.78 is 15.8. The fourth-order valence-electron chi connectivity index (χ4n) is 2.37. The van der Waals surface area contributed by atoms with Crippen LogP contribution in [0.3, 0.4) is 0 Å². The normalized spacial score (nSPS) is 15.8. The van der Waals surface area contributed by atoms with Crippen LogP contribution in [0.15, 0.2) is 12.1 Å². The van der Waals surface area contributed by atoms with Gasteiger partial charge >= 0.3 is 0 Å². The fraction of sp³-hybridized carbons (Fsp3) is 0.533. The molecule has 1 aromatic carbocycles. The number of rotatable bonds is 6. The lowest BCUT2D eigenvalue weighted by Gasteiger charge is -2.36. The van der Waals surface area contributed by atoms with Gasteiger partial charge in [-0.2, -0.15) is 0 Å². The molecule has 0 saturated heterocycles. The highest BCUT2D eigenvalue weighted by molar-refractivity contribution is 5.87. The lowest BCUT2D eigenvalue weighted by atomic mass is 9.77. The van der Waals surface area contributed by atoms with Crippen LogP contribution in [-0.4, -0.2) is 32.8 Å². The number of methoxy groups -OCH3 is 3. The van der Waals surface area contributed by atoms with E-state index in [1.165, 1.54) is 0 Å². The number of carbonyl (C=O) groups excluding carboxylic acids is 1. The van der Waals surface area contributed by atoms with E-state index < -0.39 is 5.54 Å². The highest BCUT2D eigenvalue weighted by Crippen LogP contribution is 2.35. The first-order valence-corrected chi connectivity index (χ1v) is 6.90. The standard InChI is InChI=1S/C15H22N2O4/c1-19-11-8-13(21-3)12(20-2)7-10(11)9-17-14(18)15(16)5-4-6-15/h7-8H,4-6,9,16H2,1-3H3,(H,17,18). The summed E-state index contributed by atoms with van der Waals surface area (Å²) in [5, 5.41) is 2.86. The molecule has 116 valence electrons. The number of amides is 1. The molecule has 1 aliphatic carbocycles. The third kappa shape index (κ3) is 3.05. The second kappa shape index (κ2) is 6.22. The molecule has 0 heterocycles. The fourth-order valence-corrected chi connectivity index (χ4v) is 2.37. The monoisotopic (exact) mass is 294 g/mol. The molecule has 0 atom stereocenters. The Morgan fingerprint density at radius 3 is 2.19 bits per heavy atom. The Hall–Kier alpha value is -1.95. The van der Waals surface area contributed by atoms with Gasteiger partial charge in [0.05, 0.1) is 26.9 Å². The summed E-state index contributed by atoms with van der Waals surface area (Å²) in [7, 11) is 4.70. The summed E-state index contributed by atoms with van der Waals surface area (Å²) in [5.74, 6) is 1.69. The Kier molecular flexibility index (Phi) is 4.57. The molecule has 3 N–H and O–H groups in total. The van der Waals surface area contributed by atoms with Crippen molar-refractivity contribution in [3.63, 3.8) is 0 Å². The van der Waals surface area contributed by atoms with Gasteiger partial charge in [0, 0.05) is 18.2 Å². The number of hydrogen-bond donors (Lipinski definition) is 2. The van der Waals surface area contributed by atoms with Crippen molar-refractivity contribution in [3.8, 4) is 17.2 Å². The first-order chi connectivity index (χ1) is 10.0. The quantitative estimate of drug-likeness (QED) is 0.824. The Bertz CT molecular complexity index is 527. The summed E-state index contributed by atoms with van der Waals surface area (Å²) in [6, 6.07) is 3.53. The van der Waals surface area contributed by atoms with Crippen molar-refractivity contribution in [2.75, 3.05) is 21.3 Å². The second-order valence-electron chi connectivity index (χ2n) is 5.21. The largest absolute Gasteiger partial charge is 0.496 e. The van der Waals surface area contributed by atoms with Gasteiger partial charge in [-0.15, -0.1) is 0 Å². The van der Waals surface area contributed by atoms with E-state index in [9.17, 15) is 4.79 Å². The van der Waals surface area contributed by atoms with Crippen LogP contribution in [-0.2, 0) is 11.3 Å². The van der Waals surface area contributed by atoms with Crippen LogP contribution in [0.2, 0.25) is 0 Å². The summed E-state index contributed by atoms with van der Waals surface area (Å²) in [4.78, 5) is 12.1. The van der Waals surface area contributed by atoms with Gasteiger partial charge < -0.3 is 25.3 Å². The molecular weight excluding hydrogens is 272 g/mol. The molecule has 1 aliphatic rings. The Morgan fingerprint density at radius 1 is 1.14 bits per heavy atom. The van der Waals surface area contributed by atoms with Crippen LogP contribution < -0.4 is 25.3 Å². The summed E-state index contributed by atoms with van der Waals surface area (Å²) >= 11 is 0. The molecule has 2 rings (SSSR count). The highest BCUT2D eigenvalue weighted by atomic mass is 16.5. The van der Waals surface area contributed by atoms with Crippen molar-refractivity contribution in [3.05, 3.63) is 17.7 Å². The number of nitrogens with one attached hydrogen (secondary N) is 1. The molecule has 6 heteroatoms. The maximum absolute atomic E-state index is 12.1. The van der Waals surface area contributed by atoms with Crippen molar-refractivity contribution >= 4 is 5.91 Å². The second-order valence-corrected chi connectivity index (χ2v) is 5.21. The van der Waals surface area contributed by atoms with E-state index in [2.05, 4.69) is 5.32 Å². The Morgan fingerprint density at radius 2 is 1.71 bits per heavy atom. The molecule has 1 fully saturated rings. The minimum atomic E-state index is -0.705. The number of carbonyl (C=O) groups is 1. The number of nitrogens with two attached hydrogens (primary N) is 1. The molecule has 6 nitrogen and oxygen atoms in total. The Balaban J connectivity index is 2.13. The minimum absolute atomic E-state index is 0.120. The van der Waals surface area contributed by atoms with Crippen molar-refractivity contribution < 1.29 is 19.0 Å². The van der Waals surface area contributed by atoms with E-state index in [1.54, 1.807) is 33.5 Å². The van der Waals surface area contributed by atoms with E-state index in [0.29, 0.717) is 23.8 Å². The molecule has 0 aromatic heterocycles. The first kappa shape index (κ1) is 15.4. The third-order valence-corrected chi connectivity index (χ3v) is 3.92. The zero-order valence-electron chi connectivity index (χ0n) is 12.7. The van der Waals surface area contributed by atoms with Gasteiger partial charge in [0.2, 0.25) is 5.91 Å². The lowest BCUT2D eigenvalue weighted by Crippen LogP contribution is -2.58. The van der Waals surface area contributed by atoms with Gasteiger partial charge in [-0.3, -0.25) is 4.79 Å². The average Bonchev–Trinajstić information content (AvgIpc) is 2.48. The SMILES string of the molecule is COc1cc(OC)c(OC)cc1CNC(=O)C1(N)CCC1. The lowest BCUT2D eigenvalue weighted by molar-refractivity contribution is -0.129. The maximum Gasteiger partial charge on any atom is 0.240 e. The summed E-state index contributed by atoms with van der Waals surface area (Å²) in [6.07, 6.45) is 2.48. The smallest absolute Gasteiger partial charge is 0.240 e.